The van der Waals surface area contributed by atoms with E-state index >= 15 is 0 Å². The molecule has 28 heavy (non-hydrogen) atoms. The minimum atomic E-state index is 0.126. The second-order valence-corrected chi connectivity index (χ2v) is 8.04. The number of carbonyl (C=O) groups is 1. The van der Waals surface area contributed by atoms with Crippen molar-refractivity contribution in [1.82, 2.24) is 14.4 Å². The van der Waals surface area contributed by atoms with Crippen molar-refractivity contribution in [3.05, 3.63) is 59.4 Å². The van der Waals surface area contributed by atoms with E-state index in [1.54, 1.807) is 14.0 Å². The van der Waals surface area contributed by atoms with Crippen LogP contribution in [0.4, 0.5) is 0 Å². The van der Waals surface area contributed by atoms with E-state index in [0.29, 0.717) is 25.0 Å². The van der Waals surface area contributed by atoms with Crippen molar-refractivity contribution in [1.29, 1.82) is 0 Å². The van der Waals surface area contributed by atoms with E-state index in [4.69, 9.17) is 4.74 Å². The van der Waals surface area contributed by atoms with Crippen molar-refractivity contribution in [2.75, 3.05) is 39.9 Å². The van der Waals surface area contributed by atoms with E-state index in [9.17, 15) is 4.79 Å². The maximum atomic E-state index is 12.2. The van der Waals surface area contributed by atoms with Crippen LogP contribution >= 0.6 is 0 Å². The Labute approximate surface area is 168 Å². The van der Waals surface area contributed by atoms with Crippen LogP contribution in [-0.2, 0) is 23.1 Å². The topological polar surface area (TPSA) is 37.7 Å². The van der Waals surface area contributed by atoms with Gasteiger partial charge >= 0.3 is 0 Å². The van der Waals surface area contributed by atoms with Crippen LogP contribution in [0.5, 0.6) is 0 Å². The first kappa shape index (κ1) is 20.6. The lowest BCUT2D eigenvalue weighted by molar-refractivity contribution is -0.130. The van der Waals surface area contributed by atoms with Crippen molar-refractivity contribution < 1.29 is 9.53 Å². The summed E-state index contributed by atoms with van der Waals surface area (Å²) in [4.78, 5) is 16.6. The van der Waals surface area contributed by atoms with Crippen LogP contribution in [0.3, 0.4) is 0 Å². The van der Waals surface area contributed by atoms with Gasteiger partial charge in [-0.1, -0.05) is 29.8 Å². The van der Waals surface area contributed by atoms with E-state index in [2.05, 4.69) is 66.0 Å². The molecule has 1 aromatic heterocycles. The summed E-state index contributed by atoms with van der Waals surface area (Å²) < 4.78 is 7.40. The molecule has 1 aliphatic heterocycles. The number of hydrogen-bond donors (Lipinski definition) is 0. The summed E-state index contributed by atoms with van der Waals surface area (Å²) in [5.74, 6) is 0.981. The van der Waals surface area contributed by atoms with Crippen molar-refractivity contribution in [3.8, 4) is 0 Å². The average Bonchev–Trinajstić information content (AvgIpc) is 3.25. The molecule has 2 unspecified atom stereocenters. The summed E-state index contributed by atoms with van der Waals surface area (Å²) in [7, 11) is 3.78. The molecule has 1 fully saturated rings. The Morgan fingerprint density at radius 2 is 1.96 bits per heavy atom. The monoisotopic (exact) mass is 383 g/mol. The van der Waals surface area contributed by atoms with E-state index in [0.717, 1.165) is 26.2 Å². The smallest absolute Gasteiger partial charge is 0.219 e. The zero-order valence-electron chi connectivity index (χ0n) is 17.6. The van der Waals surface area contributed by atoms with Crippen LogP contribution < -0.4 is 0 Å². The maximum Gasteiger partial charge on any atom is 0.219 e. The minimum Gasteiger partial charge on any atom is -0.383 e. The quantitative estimate of drug-likeness (QED) is 0.703. The highest BCUT2D eigenvalue weighted by Gasteiger charge is 2.35. The molecule has 5 heteroatoms. The number of aryl methyl sites for hydroxylation is 2. The van der Waals surface area contributed by atoms with Gasteiger partial charge in [0.2, 0.25) is 5.91 Å². The molecular weight excluding hydrogens is 350 g/mol. The Morgan fingerprint density at radius 3 is 2.57 bits per heavy atom. The molecule has 152 valence electrons. The van der Waals surface area contributed by atoms with Gasteiger partial charge in [-0.15, -0.1) is 0 Å². The standard InChI is InChI=1S/C23H33N3O2/c1-18-7-9-20(10-8-18)23-17-25(16-22-6-5-11-24(22)3)14-21(23)15-26(19(2)27)12-13-28-4/h5-11,21,23H,12-17H2,1-4H3. The van der Waals surface area contributed by atoms with E-state index in [-0.39, 0.29) is 5.91 Å². The molecule has 0 bridgehead atoms. The third kappa shape index (κ3) is 5.03. The van der Waals surface area contributed by atoms with Gasteiger partial charge in [0.15, 0.2) is 0 Å². The van der Waals surface area contributed by atoms with Crippen LogP contribution in [-0.4, -0.2) is 60.2 Å². The van der Waals surface area contributed by atoms with Gasteiger partial charge in [-0.2, -0.15) is 0 Å². The average molecular weight is 384 g/mol. The number of hydrogen-bond acceptors (Lipinski definition) is 3. The highest BCUT2D eigenvalue weighted by atomic mass is 16.5. The summed E-state index contributed by atoms with van der Waals surface area (Å²) in [6.45, 7) is 8.76. The van der Waals surface area contributed by atoms with Gasteiger partial charge in [0.25, 0.3) is 0 Å². The largest absolute Gasteiger partial charge is 0.383 e. The third-order valence-corrected chi connectivity index (χ3v) is 5.92. The molecule has 5 nitrogen and oxygen atoms in total. The number of nitrogens with zero attached hydrogens (tertiary/aromatic N) is 3. The molecule has 0 radical (unpaired) electrons. The van der Waals surface area contributed by atoms with E-state index in [1.807, 2.05) is 4.90 Å². The summed E-state index contributed by atoms with van der Waals surface area (Å²) in [5.41, 5.74) is 3.98. The zero-order chi connectivity index (χ0) is 20.1. The van der Waals surface area contributed by atoms with Crippen molar-refractivity contribution >= 4 is 5.91 Å². The number of amides is 1. The molecular formula is C23H33N3O2. The first-order chi connectivity index (χ1) is 13.5. The van der Waals surface area contributed by atoms with Crippen LogP contribution in [0.25, 0.3) is 0 Å². The number of rotatable bonds is 8. The molecule has 1 saturated heterocycles. The number of likely N-dealkylation sites (tertiary alicyclic amines) is 1. The van der Waals surface area contributed by atoms with Crippen molar-refractivity contribution in [3.63, 3.8) is 0 Å². The fraction of sp³-hybridized carbons (Fsp3) is 0.522. The molecule has 2 aromatic rings. The molecule has 1 amide bonds. The second kappa shape index (κ2) is 9.39. The van der Waals surface area contributed by atoms with Crippen LogP contribution in [0, 0.1) is 12.8 Å². The normalized spacial score (nSPS) is 19.9. The van der Waals surface area contributed by atoms with Gasteiger partial charge in [-0.3, -0.25) is 9.69 Å². The molecule has 1 aliphatic rings. The number of aromatic nitrogens is 1. The van der Waals surface area contributed by atoms with Crippen LogP contribution in [0.2, 0.25) is 0 Å². The SMILES string of the molecule is COCCN(CC1CN(Cc2cccn2C)CC1c1ccc(C)cc1)C(C)=O. The van der Waals surface area contributed by atoms with Crippen LogP contribution in [0.1, 0.15) is 29.7 Å². The van der Waals surface area contributed by atoms with Gasteiger partial charge in [-0.05, 0) is 30.5 Å². The van der Waals surface area contributed by atoms with Crippen molar-refractivity contribution in [2.45, 2.75) is 26.3 Å². The fourth-order valence-electron chi connectivity index (χ4n) is 4.22. The molecule has 3 rings (SSSR count). The molecule has 0 saturated carbocycles. The highest BCUT2D eigenvalue weighted by molar-refractivity contribution is 5.73. The lowest BCUT2D eigenvalue weighted by atomic mass is 9.88. The van der Waals surface area contributed by atoms with Gasteiger partial charge < -0.3 is 14.2 Å². The van der Waals surface area contributed by atoms with Gasteiger partial charge in [-0.25, -0.2) is 0 Å². The van der Waals surface area contributed by atoms with E-state index in [1.165, 1.54) is 16.8 Å². The predicted octanol–water partition coefficient (Wildman–Crippen LogP) is 3.04. The fourth-order valence-corrected chi connectivity index (χ4v) is 4.22. The molecule has 1 aromatic carbocycles. The van der Waals surface area contributed by atoms with Gasteiger partial charge in [0.05, 0.1) is 6.61 Å². The Balaban J connectivity index is 1.77. The zero-order valence-corrected chi connectivity index (χ0v) is 17.6. The number of benzene rings is 1. The molecule has 0 N–H and O–H groups in total. The van der Waals surface area contributed by atoms with Crippen molar-refractivity contribution in [2.24, 2.45) is 13.0 Å². The summed E-state index contributed by atoms with van der Waals surface area (Å²) in [5, 5.41) is 0. The number of carbonyl (C=O) groups excluding carboxylic acids is 1. The second-order valence-electron chi connectivity index (χ2n) is 8.04. The molecule has 0 spiro atoms. The third-order valence-electron chi connectivity index (χ3n) is 5.92. The summed E-state index contributed by atoms with van der Waals surface area (Å²) in [6, 6.07) is 13.2. The number of ether oxygens (including phenoxy) is 1. The Morgan fingerprint density at radius 1 is 1.21 bits per heavy atom. The minimum absolute atomic E-state index is 0.126. The molecule has 2 heterocycles. The Hall–Kier alpha value is -2.11. The Kier molecular flexibility index (Phi) is 6.92. The lowest BCUT2D eigenvalue weighted by Gasteiger charge is -2.27. The first-order valence-corrected chi connectivity index (χ1v) is 10.1. The van der Waals surface area contributed by atoms with E-state index < -0.39 is 0 Å². The summed E-state index contributed by atoms with van der Waals surface area (Å²) in [6.07, 6.45) is 2.10. The Bertz CT molecular complexity index is 768. The highest BCUT2D eigenvalue weighted by Crippen LogP contribution is 2.34. The predicted molar refractivity (Wildman–Crippen MR) is 112 cm³/mol. The molecule has 2 atom stereocenters. The van der Waals surface area contributed by atoms with Gasteiger partial charge in [0.1, 0.15) is 0 Å². The number of methoxy groups -OCH3 is 1. The van der Waals surface area contributed by atoms with Crippen LogP contribution in [0.15, 0.2) is 42.6 Å². The molecule has 0 aliphatic carbocycles. The lowest BCUT2D eigenvalue weighted by Crippen LogP contribution is -2.38. The van der Waals surface area contributed by atoms with Gasteiger partial charge in [0, 0.05) is 71.6 Å². The maximum absolute atomic E-state index is 12.2. The first-order valence-electron chi connectivity index (χ1n) is 10.1. The summed E-state index contributed by atoms with van der Waals surface area (Å²) >= 11 is 0.